The Morgan fingerprint density at radius 2 is 1.89 bits per heavy atom. The molecule has 0 fully saturated rings. The molecule has 0 saturated carbocycles. The van der Waals surface area contributed by atoms with Crippen molar-refractivity contribution in [3.8, 4) is 0 Å². The highest BCUT2D eigenvalue weighted by atomic mass is 16.2. The van der Waals surface area contributed by atoms with Crippen molar-refractivity contribution in [2.75, 3.05) is 24.5 Å². The van der Waals surface area contributed by atoms with Crippen molar-refractivity contribution in [3.05, 3.63) is 52.9 Å². The van der Waals surface area contributed by atoms with Gasteiger partial charge < -0.3 is 14.4 Å². The molecule has 5 heteroatoms. The van der Waals surface area contributed by atoms with Gasteiger partial charge in [0.2, 0.25) is 5.95 Å². The number of anilines is 2. The van der Waals surface area contributed by atoms with Crippen molar-refractivity contribution in [1.29, 1.82) is 0 Å². The first-order valence-electron chi connectivity index (χ1n) is 10.2. The van der Waals surface area contributed by atoms with E-state index in [-0.39, 0.29) is 5.91 Å². The third kappa shape index (κ3) is 3.58. The summed E-state index contributed by atoms with van der Waals surface area (Å²) in [5.41, 5.74) is 6.51. The number of aromatic nitrogens is 2. The van der Waals surface area contributed by atoms with E-state index < -0.39 is 0 Å². The van der Waals surface area contributed by atoms with Crippen LogP contribution < -0.4 is 4.90 Å². The third-order valence-corrected chi connectivity index (χ3v) is 5.36. The van der Waals surface area contributed by atoms with Gasteiger partial charge in [-0.2, -0.15) is 0 Å². The minimum Gasteiger partial charge on any atom is -0.334 e. The molecule has 0 aliphatic carbocycles. The van der Waals surface area contributed by atoms with Crippen LogP contribution in [0.2, 0.25) is 0 Å². The Bertz CT molecular complexity index is 873. The molecule has 1 aromatic carbocycles. The van der Waals surface area contributed by atoms with E-state index in [1.54, 1.807) is 6.08 Å². The highest BCUT2D eigenvalue weighted by Crippen LogP contribution is 2.36. The van der Waals surface area contributed by atoms with Crippen molar-refractivity contribution in [2.45, 2.75) is 54.0 Å². The molecule has 0 radical (unpaired) electrons. The molecule has 2 heterocycles. The molecule has 1 aliphatic heterocycles. The number of hydrogen-bond donors (Lipinski definition) is 0. The summed E-state index contributed by atoms with van der Waals surface area (Å²) < 4.78 is 2.12. The van der Waals surface area contributed by atoms with Gasteiger partial charge in [0.25, 0.3) is 5.91 Å². The molecule has 28 heavy (non-hydrogen) atoms. The minimum absolute atomic E-state index is 0.0530. The zero-order valence-electron chi connectivity index (χ0n) is 17.9. The topological polar surface area (TPSA) is 41.4 Å². The molecule has 0 bridgehead atoms. The van der Waals surface area contributed by atoms with Crippen LogP contribution in [0.25, 0.3) is 0 Å². The van der Waals surface area contributed by atoms with Crippen LogP contribution >= 0.6 is 0 Å². The van der Waals surface area contributed by atoms with Gasteiger partial charge in [0.15, 0.2) is 0 Å². The Hall–Kier alpha value is -2.56. The summed E-state index contributed by atoms with van der Waals surface area (Å²) in [6.45, 7) is 17.3. The van der Waals surface area contributed by atoms with Crippen LogP contribution in [0.15, 0.2) is 24.8 Å². The SMILES string of the molecule is C=CCN(CCC)C(=O)c1c(C)nc2n1CCCN2c1c(C)cc(C)cc1C. The molecular weight excluding hydrogens is 348 g/mol. The van der Waals surface area contributed by atoms with Gasteiger partial charge in [0.05, 0.1) is 5.69 Å². The highest BCUT2D eigenvalue weighted by Gasteiger charge is 2.30. The first-order valence-corrected chi connectivity index (χ1v) is 10.2. The van der Waals surface area contributed by atoms with E-state index in [1.165, 1.54) is 22.4 Å². The van der Waals surface area contributed by atoms with Crippen LogP contribution in [0.1, 0.15) is 52.6 Å². The first kappa shape index (κ1) is 20.2. The van der Waals surface area contributed by atoms with E-state index in [4.69, 9.17) is 4.98 Å². The number of rotatable bonds is 6. The number of fused-ring (bicyclic) bond motifs is 1. The molecule has 2 aromatic rings. The number of aryl methyl sites for hydroxylation is 4. The molecular formula is C23H32N4O. The predicted octanol–water partition coefficient (Wildman–Crippen LogP) is 4.70. The average molecular weight is 381 g/mol. The highest BCUT2D eigenvalue weighted by molar-refractivity contribution is 5.94. The van der Waals surface area contributed by atoms with Crippen LogP contribution in [-0.2, 0) is 6.54 Å². The maximum atomic E-state index is 13.3. The Morgan fingerprint density at radius 1 is 1.21 bits per heavy atom. The van der Waals surface area contributed by atoms with Gasteiger partial charge in [-0.25, -0.2) is 4.98 Å². The molecule has 5 nitrogen and oxygen atoms in total. The summed E-state index contributed by atoms with van der Waals surface area (Å²) in [4.78, 5) is 22.3. The molecule has 1 aromatic heterocycles. The molecule has 1 amide bonds. The maximum Gasteiger partial charge on any atom is 0.272 e. The molecule has 0 N–H and O–H groups in total. The van der Waals surface area contributed by atoms with Crippen LogP contribution in [0.4, 0.5) is 11.6 Å². The number of imidazole rings is 1. The van der Waals surface area contributed by atoms with Gasteiger partial charge in [-0.3, -0.25) is 4.79 Å². The van der Waals surface area contributed by atoms with Crippen LogP contribution in [-0.4, -0.2) is 40.0 Å². The molecule has 0 saturated heterocycles. The molecule has 0 unspecified atom stereocenters. The zero-order valence-corrected chi connectivity index (χ0v) is 17.9. The summed E-state index contributed by atoms with van der Waals surface area (Å²) in [5, 5.41) is 0. The fraction of sp³-hybridized carbons (Fsp3) is 0.478. The van der Waals surface area contributed by atoms with E-state index in [2.05, 4.69) is 55.9 Å². The normalized spacial score (nSPS) is 13.4. The fourth-order valence-electron chi connectivity index (χ4n) is 4.39. The quantitative estimate of drug-likeness (QED) is 0.682. The Kier molecular flexibility index (Phi) is 5.92. The van der Waals surface area contributed by atoms with Gasteiger partial charge in [0, 0.05) is 31.9 Å². The van der Waals surface area contributed by atoms with Gasteiger partial charge in [-0.15, -0.1) is 6.58 Å². The van der Waals surface area contributed by atoms with Crippen LogP contribution in [0.5, 0.6) is 0 Å². The number of hydrogen-bond acceptors (Lipinski definition) is 3. The predicted molar refractivity (Wildman–Crippen MR) is 116 cm³/mol. The lowest BCUT2D eigenvalue weighted by atomic mass is 10.0. The van der Waals surface area contributed by atoms with Crippen molar-refractivity contribution in [3.63, 3.8) is 0 Å². The third-order valence-electron chi connectivity index (χ3n) is 5.36. The summed E-state index contributed by atoms with van der Waals surface area (Å²) in [5.74, 6) is 0.939. The fourth-order valence-corrected chi connectivity index (χ4v) is 4.39. The molecule has 150 valence electrons. The lowest BCUT2D eigenvalue weighted by Gasteiger charge is -2.32. The summed E-state index contributed by atoms with van der Waals surface area (Å²) >= 11 is 0. The number of carbonyl (C=O) groups excluding carboxylic acids is 1. The maximum absolute atomic E-state index is 13.3. The van der Waals surface area contributed by atoms with Gasteiger partial charge >= 0.3 is 0 Å². The van der Waals surface area contributed by atoms with E-state index in [1.807, 2.05) is 11.8 Å². The molecule has 3 rings (SSSR count). The zero-order chi connectivity index (χ0) is 20.4. The monoisotopic (exact) mass is 380 g/mol. The summed E-state index contributed by atoms with van der Waals surface area (Å²) in [6, 6.07) is 4.44. The van der Waals surface area contributed by atoms with E-state index in [9.17, 15) is 4.79 Å². The summed E-state index contributed by atoms with van der Waals surface area (Å²) in [7, 11) is 0. The molecule has 0 atom stereocenters. The van der Waals surface area contributed by atoms with E-state index in [0.29, 0.717) is 6.54 Å². The van der Waals surface area contributed by atoms with E-state index >= 15 is 0 Å². The van der Waals surface area contributed by atoms with Crippen molar-refractivity contribution in [1.82, 2.24) is 14.5 Å². The number of carbonyl (C=O) groups is 1. The lowest BCUT2D eigenvalue weighted by Crippen LogP contribution is -2.36. The lowest BCUT2D eigenvalue weighted by molar-refractivity contribution is 0.0762. The Morgan fingerprint density at radius 3 is 2.50 bits per heavy atom. The van der Waals surface area contributed by atoms with Gasteiger partial charge in [-0.1, -0.05) is 30.7 Å². The number of benzene rings is 1. The standard InChI is InChI=1S/C23H32N4O/c1-7-10-25(11-8-2)22(28)21-19(6)24-23-26(12-9-13-27(21)23)20-17(4)14-16(3)15-18(20)5/h7,14-15H,1,8-13H2,2-6H3. The second-order valence-electron chi connectivity index (χ2n) is 7.79. The van der Waals surface area contributed by atoms with E-state index in [0.717, 1.165) is 49.8 Å². The first-order chi connectivity index (χ1) is 13.4. The average Bonchev–Trinajstić information content (AvgIpc) is 2.97. The Balaban J connectivity index is 2.07. The molecule has 1 aliphatic rings. The number of amides is 1. The van der Waals surface area contributed by atoms with Crippen LogP contribution in [0.3, 0.4) is 0 Å². The smallest absolute Gasteiger partial charge is 0.272 e. The van der Waals surface area contributed by atoms with Crippen molar-refractivity contribution >= 4 is 17.5 Å². The van der Waals surface area contributed by atoms with Crippen LogP contribution in [0, 0.1) is 27.7 Å². The minimum atomic E-state index is 0.0530. The number of nitrogens with zero attached hydrogens (tertiary/aromatic N) is 4. The second kappa shape index (κ2) is 8.21. The Labute approximate surface area is 168 Å². The van der Waals surface area contributed by atoms with Gasteiger partial charge in [0.1, 0.15) is 5.69 Å². The van der Waals surface area contributed by atoms with Gasteiger partial charge in [-0.05, 0) is 51.7 Å². The summed E-state index contributed by atoms with van der Waals surface area (Å²) in [6.07, 6.45) is 3.71. The van der Waals surface area contributed by atoms with Crippen molar-refractivity contribution in [2.24, 2.45) is 0 Å². The molecule has 0 spiro atoms. The van der Waals surface area contributed by atoms with Crippen molar-refractivity contribution < 1.29 is 4.79 Å². The second-order valence-corrected chi connectivity index (χ2v) is 7.79. The largest absolute Gasteiger partial charge is 0.334 e.